The van der Waals surface area contributed by atoms with Crippen LogP contribution in [0.25, 0.3) is 0 Å². The minimum Gasteiger partial charge on any atom is -1.00 e. The number of benzene rings is 3. The molecule has 1 aliphatic rings. The van der Waals surface area contributed by atoms with Crippen LogP contribution in [0.5, 0.6) is 0 Å². The van der Waals surface area contributed by atoms with E-state index in [1.54, 1.807) is 0 Å². The number of aryl methyl sites for hydroxylation is 3. The zero-order valence-corrected chi connectivity index (χ0v) is 20.5. The second kappa shape index (κ2) is 13.0. The topological polar surface area (TPSA) is 0 Å². The van der Waals surface area contributed by atoms with Crippen molar-refractivity contribution in [2.45, 2.75) is 27.2 Å². The van der Waals surface area contributed by atoms with Crippen molar-refractivity contribution in [3.63, 3.8) is 0 Å². The number of hydrogen-bond donors (Lipinski definition) is 0. The molecular weight excluding hydrogens is 482 g/mol. The maximum absolute atomic E-state index is 2.99. The van der Waals surface area contributed by atoms with Gasteiger partial charge in [0.2, 0.25) is 0 Å². The predicted octanol–water partition coefficient (Wildman–Crippen LogP) is 2.68. The summed E-state index contributed by atoms with van der Waals surface area (Å²) in [5, 5.41) is 4.23. The first-order valence-electron chi connectivity index (χ1n) is 9.35. The van der Waals surface area contributed by atoms with Gasteiger partial charge in [-0.25, -0.2) is 12.2 Å². The molecule has 0 amide bonds. The van der Waals surface area contributed by atoms with Crippen LogP contribution in [0.4, 0.5) is 0 Å². The molecule has 3 aromatic rings. The maximum Gasteiger partial charge on any atom is 2.00 e. The van der Waals surface area contributed by atoms with Crippen LogP contribution in [-0.4, -0.2) is 0 Å². The van der Waals surface area contributed by atoms with Crippen molar-refractivity contribution in [3.05, 3.63) is 114 Å². The summed E-state index contributed by atoms with van der Waals surface area (Å²) in [6.45, 7) is 6.43. The van der Waals surface area contributed by atoms with Gasteiger partial charge in [0, 0.05) is 0 Å². The summed E-state index contributed by atoms with van der Waals surface area (Å²) >= 11 is 0. The Morgan fingerprint density at radius 1 is 0.621 bits per heavy atom. The average molecular weight is 508 g/mol. The summed E-state index contributed by atoms with van der Waals surface area (Å²) in [5.41, 5.74) is 3.93. The maximum atomic E-state index is 2.99. The van der Waals surface area contributed by atoms with Crippen molar-refractivity contribution < 1.29 is 33.5 Å². The van der Waals surface area contributed by atoms with E-state index in [0.29, 0.717) is 0 Å². The third-order valence-corrected chi connectivity index (χ3v) is 6.91. The number of rotatable bonds is 3. The standard InChI is InChI=1S/C21H21P.C5H5.BrH.Ni/c1-16-4-10-19(11-5-16)22(20-12-6-17(2)7-13-20)21-14-8-18(3)9-15-21;1-2-4-5-3-1;;/h4-15H,1-3H3;1-3H,4H2;1H;/q;-1;;+2/p-1. The molecule has 0 aliphatic heterocycles. The molecule has 0 N–H and O–H groups in total. The Bertz CT molecular complexity index is 792. The van der Waals surface area contributed by atoms with Crippen LogP contribution in [0.2, 0.25) is 0 Å². The van der Waals surface area contributed by atoms with Crippen molar-refractivity contribution >= 4 is 23.8 Å². The van der Waals surface area contributed by atoms with Crippen LogP contribution >= 0.6 is 7.92 Å². The molecule has 0 bridgehead atoms. The van der Waals surface area contributed by atoms with Crippen LogP contribution in [0.15, 0.2) is 91.0 Å². The fraction of sp³-hybridized carbons (Fsp3) is 0.154. The van der Waals surface area contributed by atoms with E-state index in [1.807, 2.05) is 12.2 Å². The van der Waals surface area contributed by atoms with E-state index in [1.165, 1.54) is 32.6 Å². The van der Waals surface area contributed by atoms with E-state index in [9.17, 15) is 0 Å². The Morgan fingerprint density at radius 3 is 1.17 bits per heavy atom. The Balaban J connectivity index is 0.000000527. The van der Waals surface area contributed by atoms with Crippen molar-refractivity contribution in [2.24, 2.45) is 0 Å². The number of hydrogen-bond acceptors (Lipinski definition) is 0. The van der Waals surface area contributed by atoms with E-state index in [0.717, 1.165) is 6.42 Å². The third-order valence-electron chi connectivity index (χ3n) is 4.46. The molecule has 0 unspecified atom stereocenters. The molecule has 1 aliphatic carbocycles. The molecule has 0 spiro atoms. The molecule has 0 atom stereocenters. The largest absolute Gasteiger partial charge is 2.00 e. The Hall–Kier alpha value is -1.46. The molecule has 29 heavy (non-hydrogen) atoms. The second-order valence-corrected chi connectivity index (χ2v) is 9.07. The van der Waals surface area contributed by atoms with Crippen molar-refractivity contribution in [1.82, 2.24) is 0 Å². The quantitative estimate of drug-likeness (QED) is 0.290. The molecular formula is C26H26BrNiP. The SMILES string of the molecule is Cc1ccc(P(c2ccc(C)cc2)c2ccc(C)cc2)cc1.[Br-].[C-]1=CC=CC1.[Ni+2]. The van der Waals surface area contributed by atoms with Crippen LogP contribution in [-0.2, 0) is 16.5 Å². The molecule has 0 radical (unpaired) electrons. The zero-order valence-electron chi connectivity index (χ0n) is 17.0. The van der Waals surface area contributed by atoms with Gasteiger partial charge in [0.1, 0.15) is 0 Å². The minimum atomic E-state index is -0.483. The fourth-order valence-electron chi connectivity index (χ4n) is 2.87. The average Bonchev–Trinajstić information content (AvgIpc) is 3.27. The summed E-state index contributed by atoms with van der Waals surface area (Å²) in [6.07, 6.45) is 10.0. The second-order valence-electron chi connectivity index (χ2n) is 6.85. The molecule has 3 heteroatoms. The van der Waals surface area contributed by atoms with Gasteiger partial charge in [0.15, 0.2) is 0 Å². The number of allylic oxidation sites excluding steroid dienone is 4. The number of halogens is 1. The molecule has 0 saturated carbocycles. The van der Waals surface area contributed by atoms with E-state index in [4.69, 9.17) is 0 Å². The molecule has 3 aromatic carbocycles. The first-order chi connectivity index (χ1) is 13.1. The van der Waals surface area contributed by atoms with E-state index in [-0.39, 0.29) is 33.5 Å². The zero-order chi connectivity index (χ0) is 19.1. The van der Waals surface area contributed by atoms with Crippen LogP contribution in [0, 0.1) is 26.8 Å². The van der Waals surface area contributed by atoms with Crippen molar-refractivity contribution in [3.8, 4) is 0 Å². The molecule has 0 heterocycles. The van der Waals surface area contributed by atoms with Crippen molar-refractivity contribution in [1.29, 1.82) is 0 Å². The summed E-state index contributed by atoms with van der Waals surface area (Å²) in [6, 6.07) is 27.0. The van der Waals surface area contributed by atoms with Gasteiger partial charge in [-0.1, -0.05) is 89.5 Å². The van der Waals surface area contributed by atoms with E-state index < -0.39 is 7.92 Å². The van der Waals surface area contributed by atoms with E-state index in [2.05, 4.69) is 106 Å². The van der Waals surface area contributed by atoms with Crippen LogP contribution < -0.4 is 32.9 Å². The van der Waals surface area contributed by atoms with Gasteiger partial charge in [-0.3, -0.25) is 6.08 Å². The third kappa shape index (κ3) is 7.71. The summed E-state index contributed by atoms with van der Waals surface area (Å²) in [4.78, 5) is 0. The van der Waals surface area contributed by atoms with Crippen LogP contribution in [0.1, 0.15) is 23.1 Å². The normalized spacial score (nSPS) is 11.3. The first-order valence-corrected chi connectivity index (χ1v) is 10.7. The molecule has 0 nitrogen and oxygen atoms in total. The first kappa shape index (κ1) is 25.6. The van der Waals surface area contributed by atoms with Gasteiger partial charge >= 0.3 is 16.5 Å². The predicted molar refractivity (Wildman–Crippen MR) is 121 cm³/mol. The Morgan fingerprint density at radius 2 is 0.966 bits per heavy atom. The van der Waals surface area contributed by atoms with Crippen LogP contribution in [0.3, 0.4) is 0 Å². The van der Waals surface area contributed by atoms with E-state index >= 15 is 0 Å². The molecule has 152 valence electrons. The van der Waals surface area contributed by atoms with Gasteiger partial charge < -0.3 is 17.0 Å². The van der Waals surface area contributed by atoms with Gasteiger partial charge in [0.05, 0.1) is 0 Å². The smallest absolute Gasteiger partial charge is 1.00 e. The molecule has 0 aromatic heterocycles. The van der Waals surface area contributed by atoms with Gasteiger partial charge in [-0.15, -0.1) is 6.42 Å². The monoisotopic (exact) mass is 506 g/mol. The molecule has 0 fully saturated rings. The Labute approximate surface area is 197 Å². The summed E-state index contributed by atoms with van der Waals surface area (Å²) in [7, 11) is -0.483. The summed E-state index contributed by atoms with van der Waals surface area (Å²) < 4.78 is 0. The van der Waals surface area contributed by atoms with Crippen molar-refractivity contribution in [2.75, 3.05) is 0 Å². The molecule has 0 saturated heterocycles. The van der Waals surface area contributed by atoms with Gasteiger partial charge in [-0.2, -0.15) is 6.08 Å². The summed E-state index contributed by atoms with van der Waals surface area (Å²) in [5.74, 6) is 0. The minimum absolute atomic E-state index is 0. The Kier molecular flexibility index (Phi) is 11.4. The van der Waals surface area contributed by atoms with Gasteiger partial charge in [-0.05, 0) is 44.6 Å². The fourth-order valence-corrected chi connectivity index (χ4v) is 5.10. The van der Waals surface area contributed by atoms with Gasteiger partial charge in [0.25, 0.3) is 0 Å². The molecule has 4 rings (SSSR count).